The Labute approximate surface area is 172 Å². The predicted molar refractivity (Wildman–Crippen MR) is 122 cm³/mol. The molecule has 0 aliphatic carbocycles. The van der Waals surface area contributed by atoms with Gasteiger partial charge in [-0.15, -0.1) is 0 Å². The first-order valence-electron chi connectivity index (χ1n) is 10.1. The number of Topliss-reactive ketones (excluding diaryl/α,β-unsaturated/α-hetero) is 1. The Morgan fingerprint density at radius 2 is 1.54 bits per heavy atom. The summed E-state index contributed by atoms with van der Waals surface area (Å²) in [5, 5.41) is 0. The molecule has 1 unspecified atom stereocenters. The van der Waals surface area contributed by atoms with Crippen LogP contribution in [-0.4, -0.2) is 29.0 Å². The van der Waals surface area contributed by atoms with Crippen molar-refractivity contribution in [3.63, 3.8) is 0 Å². The molecule has 0 bridgehead atoms. The maximum absolute atomic E-state index is 13.4. The average molecular weight is 415 g/mol. The van der Waals surface area contributed by atoms with Gasteiger partial charge in [0, 0.05) is 12.2 Å². The highest BCUT2D eigenvalue weighted by atomic mass is 28.4. The molecule has 0 radical (unpaired) electrons. The summed E-state index contributed by atoms with van der Waals surface area (Å²) in [6.45, 7) is 13.7. The maximum Gasteiger partial charge on any atom is 0.196 e. The van der Waals surface area contributed by atoms with E-state index in [1.54, 1.807) is 0 Å². The Kier molecular flexibility index (Phi) is 7.95. The van der Waals surface area contributed by atoms with E-state index in [9.17, 15) is 4.79 Å². The summed E-state index contributed by atoms with van der Waals surface area (Å²) in [7, 11) is -3.33. The molecule has 0 aliphatic rings. The van der Waals surface area contributed by atoms with Crippen LogP contribution in [-0.2, 0) is 15.3 Å². The predicted octanol–water partition coefficient (Wildman–Crippen LogP) is 6.25. The summed E-state index contributed by atoms with van der Waals surface area (Å²) in [6.07, 6.45) is 0.301. The number of aryl methyl sites for hydroxylation is 1. The molecule has 0 saturated heterocycles. The van der Waals surface area contributed by atoms with E-state index in [1.807, 2.05) is 55.5 Å². The van der Waals surface area contributed by atoms with Crippen molar-refractivity contribution in [2.24, 2.45) is 0 Å². The van der Waals surface area contributed by atoms with Gasteiger partial charge in [0.15, 0.2) is 22.4 Å². The number of hydrogen-bond donors (Lipinski definition) is 0. The zero-order valence-electron chi connectivity index (χ0n) is 18.1. The van der Waals surface area contributed by atoms with E-state index in [-0.39, 0.29) is 5.78 Å². The molecule has 0 aromatic heterocycles. The van der Waals surface area contributed by atoms with Gasteiger partial charge in [-0.1, -0.05) is 54.6 Å². The monoisotopic (exact) mass is 414 g/mol. The van der Waals surface area contributed by atoms with E-state index in [4.69, 9.17) is 8.85 Å². The Morgan fingerprint density at radius 3 is 2.14 bits per heavy atom. The van der Waals surface area contributed by atoms with Crippen molar-refractivity contribution in [3.8, 4) is 0 Å². The third-order valence-electron chi connectivity index (χ3n) is 4.54. The van der Waals surface area contributed by atoms with Crippen molar-refractivity contribution in [1.29, 1.82) is 0 Å². The minimum absolute atomic E-state index is 0.0363. The van der Waals surface area contributed by atoms with E-state index in [0.717, 1.165) is 29.2 Å². The first kappa shape index (κ1) is 22.7. The summed E-state index contributed by atoms with van der Waals surface area (Å²) in [5.41, 5.74) is 2.76. The second kappa shape index (κ2) is 9.79. The molecular weight excluding hydrogens is 380 g/mol. The number of rotatable bonds is 10. The molecule has 2 rings (SSSR count). The van der Waals surface area contributed by atoms with Gasteiger partial charge in [0.2, 0.25) is 0 Å². The van der Waals surface area contributed by atoms with Gasteiger partial charge in [-0.3, -0.25) is 4.79 Å². The van der Waals surface area contributed by atoms with Crippen LogP contribution >= 0.6 is 0 Å². The fourth-order valence-electron chi connectivity index (χ4n) is 3.55. The summed E-state index contributed by atoms with van der Waals surface area (Å²) in [4.78, 5) is 13.4. The van der Waals surface area contributed by atoms with Gasteiger partial charge < -0.3 is 8.85 Å². The lowest BCUT2D eigenvalue weighted by Crippen LogP contribution is -2.42. The number of hydrogen-bond acceptors (Lipinski definition) is 3. The molecule has 0 N–H and O–H groups in total. The third-order valence-corrected chi connectivity index (χ3v) is 10.6. The second-order valence-electron chi connectivity index (χ2n) is 8.74. The van der Waals surface area contributed by atoms with Crippen LogP contribution in [0.1, 0.15) is 34.5 Å². The molecule has 2 aromatic carbocycles. The molecule has 5 heteroatoms. The van der Waals surface area contributed by atoms with Gasteiger partial charge in [0.1, 0.15) is 6.10 Å². The summed E-state index contributed by atoms with van der Waals surface area (Å²) < 4.78 is 12.3. The molecule has 1 atom stereocenters. The molecule has 0 heterocycles. The second-order valence-corrected chi connectivity index (χ2v) is 17.8. The molecule has 0 amide bonds. The van der Waals surface area contributed by atoms with Crippen LogP contribution in [0.4, 0.5) is 0 Å². The smallest absolute Gasteiger partial charge is 0.196 e. The van der Waals surface area contributed by atoms with Gasteiger partial charge in [-0.25, -0.2) is 0 Å². The number of carbonyl (C=O) groups is 1. The van der Waals surface area contributed by atoms with Crippen molar-refractivity contribution in [1.82, 2.24) is 0 Å². The van der Waals surface area contributed by atoms with Crippen LogP contribution in [0.15, 0.2) is 54.6 Å². The summed E-state index contributed by atoms with van der Waals surface area (Å²) in [5.74, 6) is 0.0363. The highest BCUT2D eigenvalue weighted by Crippen LogP contribution is 2.27. The fraction of sp³-hybridized carbons (Fsp3) is 0.435. The van der Waals surface area contributed by atoms with Crippen LogP contribution in [0.2, 0.25) is 38.8 Å². The molecule has 0 spiro atoms. The van der Waals surface area contributed by atoms with Crippen LogP contribution in [0.25, 0.3) is 0 Å². The quantitative estimate of drug-likeness (QED) is 0.341. The lowest BCUT2D eigenvalue weighted by atomic mass is 9.95. The maximum atomic E-state index is 13.4. The van der Waals surface area contributed by atoms with Gasteiger partial charge >= 0.3 is 0 Å². The molecule has 3 nitrogen and oxygen atoms in total. The molecule has 28 heavy (non-hydrogen) atoms. The van der Waals surface area contributed by atoms with E-state index >= 15 is 0 Å². The Bertz CT molecular complexity index is 767. The van der Waals surface area contributed by atoms with Gasteiger partial charge in [0.25, 0.3) is 0 Å². The minimum Gasteiger partial charge on any atom is -0.456 e. The van der Waals surface area contributed by atoms with Crippen molar-refractivity contribution in [2.75, 3.05) is 6.61 Å². The van der Waals surface area contributed by atoms with Crippen molar-refractivity contribution in [3.05, 3.63) is 71.3 Å². The van der Waals surface area contributed by atoms with Crippen molar-refractivity contribution in [2.45, 2.75) is 58.2 Å². The number of ether oxygens (including phenoxy) is 1. The van der Waals surface area contributed by atoms with Crippen LogP contribution in [0, 0.1) is 0 Å². The Balaban J connectivity index is 2.23. The molecule has 2 aromatic rings. The first-order chi connectivity index (χ1) is 13.1. The zero-order chi connectivity index (χ0) is 20.8. The number of benzene rings is 2. The first-order valence-corrected chi connectivity index (χ1v) is 16.6. The molecule has 0 aliphatic heterocycles. The minimum atomic E-state index is -1.77. The Morgan fingerprint density at radius 1 is 0.929 bits per heavy atom. The molecular formula is C23H34O3Si2. The van der Waals surface area contributed by atoms with E-state index in [2.05, 4.69) is 38.8 Å². The van der Waals surface area contributed by atoms with Gasteiger partial charge in [-0.2, -0.15) is 0 Å². The summed E-state index contributed by atoms with van der Waals surface area (Å²) >= 11 is 0. The van der Waals surface area contributed by atoms with Crippen molar-refractivity contribution >= 4 is 22.4 Å². The van der Waals surface area contributed by atoms with Crippen molar-refractivity contribution < 1.29 is 13.6 Å². The Hall–Kier alpha value is -1.54. The highest BCUT2D eigenvalue weighted by Gasteiger charge is 2.30. The highest BCUT2D eigenvalue weighted by molar-refractivity contribution is 6.84. The fourth-order valence-corrected chi connectivity index (χ4v) is 11.5. The van der Waals surface area contributed by atoms with E-state index in [0.29, 0.717) is 6.61 Å². The lowest BCUT2D eigenvalue weighted by Gasteiger charge is -2.31. The average Bonchev–Trinajstić information content (AvgIpc) is 2.63. The molecule has 0 saturated carbocycles. The number of carbonyl (C=O) groups excluding carboxylic acids is 1. The largest absolute Gasteiger partial charge is 0.456 e. The van der Waals surface area contributed by atoms with Crippen LogP contribution in [0.5, 0.6) is 0 Å². The van der Waals surface area contributed by atoms with E-state index < -0.39 is 22.7 Å². The standard InChI is InChI=1S/C23H34O3Si2/c1-7-25-23(20-14-9-8-10-15-20)22(24)21-16-12-11-13-19(21)17-18-28(5,6)26-27(2,3)4/h8-16,23H,7,17-18H2,1-6H3. The number of ketones is 1. The van der Waals surface area contributed by atoms with E-state index in [1.165, 1.54) is 0 Å². The third kappa shape index (κ3) is 6.81. The van der Waals surface area contributed by atoms with Crippen LogP contribution < -0.4 is 0 Å². The SMILES string of the molecule is CCOC(C(=O)c1ccccc1CC[Si](C)(C)O[Si](C)(C)C)c1ccccc1. The van der Waals surface area contributed by atoms with Gasteiger partial charge in [0.05, 0.1) is 0 Å². The summed E-state index contributed by atoms with van der Waals surface area (Å²) in [6, 6.07) is 18.7. The molecule has 152 valence electrons. The van der Waals surface area contributed by atoms with Crippen LogP contribution in [0.3, 0.4) is 0 Å². The lowest BCUT2D eigenvalue weighted by molar-refractivity contribution is 0.0451. The zero-order valence-corrected chi connectivity index (χ0v) is 20.1. The molecule has 0 fully saturated rings. The normalized spacial score (nSPS) is 13.4. The van der Waals surface area contributed by atoms with Gasteiger partial charge in [-0.05, 0) is 63.3 Å². The topological polar surface area (TPSA) is 35.5 Å².